The quantitative estimate of drug-likeness (QED) is 0.714. The highest BCUT2D eigenvalue weighted by Crippen LogP contribution is 2.15. The molecule has 0 bridgehead atoms. The summed E-state index contributed by atoms with van der Waals surface area (Å²) in [5.74, 6) is 0. The molecule has 0 atom stereocenters. The summed E-state index contributed by atoms with van der Waals surface area (Å²) in [7, 11) is 0. The summed E-state index contributed by atoms with van der Waals surface area (Å²) in [6.45, 7) is 0. The number of benzene rings is 2. The molecule has 2 rings (SSSR count). The molecule has 0 heterocycles. The number of carbonyl (C=O) groups is 2. The molecule has 8 heteroatoms. The highest BCUT2D eigenvalue weighted by molar-refractivity contribution is 6.31. The zero-order chi connectivity index (χ0) is 15.9. The number of carbonyl (C=O) groups excluding carboxylic acids is 2. The van der Waals surface area contributed by atoms with Gasteiger partial charge in [-0.05, 0) is 36.4 Å². The Balaban J connectivity index is 1.79. The summed E-state index contributed by atoms with van der Waals surface area (Å²) >= 11 is 11.6. The summed E-state index contributed by atoms with van der Waals surface area (Å²) < 4.78 is 0. The van der Waals surface area contributed by atoms with Crippen LogP contribution < -0.4 is 16.1 Å². The molecule has 0 unspecified atom stereocenters. The Labute approximate surface area is 136 Å². The van der Waals surface area contributed by atoms with Crippen LogP contribution in [0.2, 0.25) is 10.0 Å². The molecule has 3 amide bonds. The van der Waals surface area contributed by atoms with Crippen molar-refractivity contribution in [1.29, 1.82) is 0 Å². The Bertz CT molecular complexity index is 635. The molecular weight excluding hydrogens is 329 g/mol. The van der Waals surface area contributed by atoms with Gasteiger partial charge in [0.1, 0.15) is 0 Å². The van der Waals surface area contributed by atoms with Crippen molar-refractivity contribution in [2.45, 2.75) is 0 Å². The van der Waals surface area contributed by atoms with E-state index in [4.69, 9.17) is 23.2 Å². The van der Waals surface area contributed by atoms with E-state index in [0.717, 1.165) is 0 Å². The smallest absolute Gasteiger partial charge is 0.320 e. The van der Waals surface area contributed by atoms with Gasteiger partial charge >= 0.3 is 12.1 Å². The van der Waals surface area contributed by atoms with Crippen LogP contribution in [-0.4, -0.2) is 12.1 Å². The van der Waals surface area contributed by atoms with E-state index >= 15 is 0 Å². The third-order valence-corrected chi connectivity index (χ3v) is 2.86. The molecule has 114 valence electrons. The first-order chi connectivity index (χ1) is 10.5. The van der Waals surface area contributed by atoms with Crippen LogP contribution in [0.5, 0.6) is 0 Å². The van der Waals surface area contributed by atoms with Crippen LogP contribution in [-0.2, 0) is 4.84 Å². The Hall–Kier alpha value is -2.44. The number of urea groups is 1. The second kappa shape index (κ2) is 7.53. The van der Waals surface area contributed by atoms with Gasteiger partial charge in [0.2, 0.25) is 0 Å². The summed E-state index contributed by atoms with van der Waals surface area (Å²) in [6, 6.07) is 12.3. The Kier molecular flexibility index (Phi) is 5.46. The predicted molar refractivity (Wildman–Crippen MR) is 85.2 cm³/mol. The van der Waals surface area contributed by atoms with Crippen LogP contribution in [0.15, 0.2) is 48.5 Å². The van der Waals surface area contributed by atoms with Crippen LogP contribution in [0.3, 0.4) is 0 Å². The minimum absolute atomic E-state index is 0.439. The molecule has 2 aromatic carbocycles. The van der Waals surface area contributed by atoms with E-state index in [1.54, 1.807) is 42.5 Å². The van der Waals surface area contributed by atoms with E-state index < -0.39 is 12.1 Å². The lowest BCUT2D eigenvalue weighted by atomic mass is 10.3. The fourth-order valence-electron chi connectivity index (χ4n) is 1.53. The van der Waals surface area contributed by atoms with Crippen LogP contribution in [0.25, 0.3) is 0 Å². The largest absolute Gasteiger partial charge is 0.436 e. The van der Waals surface area contributed by atoms with Gasteiger partial charge in [0.05, 0.1) is 0 Å². The van der Waals surface area contributed by atoms with E-state index in [-0.39, 0.29) is 0 Å². The van der Waals surface area contributed by atoms with Gasteiger partial charge in [0, 0.05) is 21.4 Å². The maximum Gasteiger partial charge on any atom is 0.436 e. The van der Waals surface area contributed by atoms with E-state index in [0.29, 0.717) is 21.4 Å². The molecule has 0 saturated heterocycles. The molecule has 0 saturated carbocycles. The average molecular weight is 340 g/mol. The third kappa shape index (κ3) is 5.16. The minimum Gasteiger partial charge on any atom is -0.320 e. The number of hydrogen-bond acceptors (Lipinski definition) is 3. The molecule has 2 aromatic rings. The average Bonchev–Trinajstić information content (AvgIpc) is 2.45. The normalized spacial score (nSPS) is 9.73. The standard InChI is InChI=1S/C14H11Cl2N3O3/c15-9-3-1-5-11(7-9)17-13(20)19-22-14(21)18-12-6-2-4-10(16)8-12/h1-8H,(H,18,21)(H2,17,19,20). The third-order valence-electron chi connectivity index (χ3n) is 2.39. The van der Waals surface area contributed by atoms with Gasteiger partial charge in [0.15, 0.2) is 0 Å². The van der Waals surface area contributed by atoms with Crippen molar-refractivity contribution < 1.29 is 14.4 Å². The molecule has 22 heavy (non-hydrogen) atoms. The Morgan fingerprint density at radius 1 is 0.864 bits per heavy atom. The second-order valence-electron chi connectivity index (χ2n) is 4.09. The Morgan fingerprint density at radius 2 is 1.41 bits per heavy atom. The van der Waals surface area contributed by atoms with Gasteiger partial charge in [-0.2, -0.15) is 5.48 Å². The summed E-state index contributed by atoms with van der Waals surface area (Å²) in [5, 5.41) is 5.78. The van der Waals surface area contributed by atoms with Crippen LogP contribution in [0.1, 0.15) is 0 Å². The SMILES string of the molecule is O=C(NOC(=O)Nc1cccc(Cl)c1)Nc1cccc(Cl)c1. The minimum atomic E-state index is -0.858. The lowest BCUT2D eigenvalue weighted by Gasteiger charge is -2.09. The number of hydrogen-bond donors (Lipinski definition) is 3. The van der Waals surface area contributed by atoms with Gasteiger partial charge in [0.25, 0.3) is 0 Å². The van der Waals surface area contributed by atoms with Crippen molar-refractivity contribution in [1.82, 2.24) is 5.48 Å². The molecule has 0 fully saturated rings. The molecule has 0 spiro atoms. The fourth-order valence-corrected chi connectivity index (χ4v) is 1.91. The van der Waals surface area contributed by atoms with E-state index in [1.165, 1.54) is 6.07 Å². The molecule has 0 aromatic heterocycles. The molecule has 0 aliphatic heterocycles. The number of halogens is 2. The highest BCUT2D eigenvalue weighted by Gasteiger charge is 2.07. The van der Waals surface area contributed by atoms with Crippen molar-refractivity contribution in [2.24, 2.45) is 0 Å². The van der Waals surface area contributed by atoms with Crippen molar-refractivity contribution in [2.75, 3.05) is 10.6 Å². The van der Waals surface area contributed by atoms with Crippen molar-refractivity contribution >= 4 is 46.7 Å². The number of anilines is 2. The van der Waals surface area contributed by atoms with Crippen molar-refractivity contribution in [3.8, 4) is 0 Å². The van der Waals surface area contributed by atoms with Gasteiger partial charge in [-0.15, -0.1) is 0 Å². The van der Waals surface area contributed by atoms with Crippen LogP contribution in [0, 0.1) is 0 Å². The lowest BCUT2D eigenvalue weighted by molar-refractivity contribution is 0.117. The summed E-state index contributed by atoms with van der Waals surface area (Å²) in [5.41, 5.74) is 2.85. The van der Waals surface area contributed by atoms with E-state index in [2.05, 4.69) is 15.5 Å². The zero-order valence-electron chi connectivity index (χ0n) is 11.1. The van der Waals surface area contributed by atoms with E-state index in [9.17, 15) is 9.59 Å². The molecule has 0 aliphatic rings. The summed E-state index contributed by atoms with van der Waals surface area (Å²) in [4.78, 5) is 27.6. The van der Waals surface area contributed by atoms with Gasteiger partial charge in [-0.3, -0.25) is 5.32 Å². The highest BCUT2D eigenvalue weighted by atomic mass is 35.5. The zero-order valence-corrected chi connectivity index (χ0v) is 12.6. The number of amides is 3. The van der Waals surface area contributed by atoms with Crippen LogP contribution >= 0.6 is 23.2 Å². The monoisotopic (exact) mass is 339 g/mol. The summed E-state index contributed by atoms with van der Waals surface area (Å²) in [6.07, 6.45) is -0.858. The first-order valence-corrected chi connectivity index (χ1v) is 6.84. The van der Waals surface area contributed by atoms with Gasteiger partial charge < -0.3 is 10.2 Å². The molecule has 0 aliphatic carbocycles. The maximum atomic E-state index is 11.5. The first-order valence-electron chi connectivity index (χ1n) is 6.09. The maximum absolute atomic E-state index is 11.5. The topological polar surface area (TPSA) is 79.5 Å². The number of rotatable bonds is 2. The second-order valence-corrected chi connectivity index (χ2v) is 4.96. The first kappa shape index (κ1) is 15.9. The van der Waals surface area contributed by atoms with E-state index in [1.807, 2.05) is 5.48 Å². The fraction of sp³-hybridized carbons (Fsp3) is 0. The van der Waals surface area contributed by atoms with Crippen molar-refractivity contribution in [3.63, 3.8) is 0 Å². The lowest BCUT2D eigenvalue weighted by Crippen LogP contribution is -2.33. The number of hydroxylamine groups is 1. The number of nitrogens with one attached hydrogen (secondary N) is 3. The molecule has 3 N–H and O–H groups in total. The Morgan fingerprint density at radius 3 is 1.95 bits per heavy atom. The molecular formula is C14H11Cl2N3O3. The van der Waals surface area contributed by atoms with Crippen molar-refractivity contribution in [3.05, 3.63) is 58.6 Å². The molecule has 0 radical (unpaired) electrons. The predicted octanol–water partition coefficient (Wildman–Crippen LogP) is 4.28. The molecule has 6 nitrogen and oxygen atoms in total. The van der Waals surface area contributed by atoms with Crippen LogP contribution in [0.4, 0.5) is 21.0 Å². The van der Waals surface area contributed by atoms with Gasteiger partial charge in [-0.25, -0.2) is 9.59 Å². The van der Waals surface area contributed by atoms with Gasteiger partial charge in [-0.1, -0.05) is 35.3 Å².